The second kappa shape index (κ2) is 10.9. The van der Waals surface area contributed by atoms with Crippen LogP contribution in [0.2, 0.25) is 5.02 Å². The molecule has 2 N–H and O–H groups in total. The van der Waals surface area contributed by atoms with Crippen LogP contribution in [0.15, 0.2) is 77.9 Å². The summed E-state index contributed by atoms with van der Waals surface area (Å²) in [6, 6.07) is 20.1. The summed E-state index contributed by atoms with van der Waals surface area (Å²) in [7, 11) is 0. The summed E-state index contributed by atoms with van der Waals surface area (Å²) in [5.41, 5.74) is 3.43. The largest absolute Gasteiger partial charge is 0.507 e. The highest BCUT2D eigenvalue weighted by molar-refractivity contribution is 6.32. The zero-order valence-corrected chi connectivity index (χ0v) is 19.6. The van der Waals surface area contributed by atoms with Gasteiger partial charge in [-0.2, -0.15) is 5.10 Å². The first kappa shape index (κ1) is 24.0. The number of nitrogens with zero attached hydrogens (tertiary/aromatic N) is 1. The average molecular weight is 493 g/mol. The Labute approximate surface area is 206 Å². The molecule has 0 aliphatic carbocycles. The van der Waals surface area contributed by atoms with Crippen LogP contribution in [0.25, 0.3) is 10.8 Å². The van der Waals surface area contributed by atoms with Crippen LogP contribution in [0.3, 0.4) is 0 Å². The summed E-state index contributed by atoms with van der Waals surface area (Å²) in [5, 5.41) is 16.1. The second-order valence-corrected chi connectivity index (χ2v) is 7.97. The monoisotopic (exact) mass is 492 g/mol. The van der Waals surface area contributed by atoms with Crippen LogP contribution in [-0.4, -0.2) is 23.8 Å². The molecule has 0 aromatic heterocycles. The fourth-order valence-corrected chi connectivity index (χ4v) is 3.74. The van der Waals surface area contributed by atoms with Gasteiger partial charge in [-0.1, -0.05) is 54.1 Å². The van der Waals surface area contributed by atoms with Gasteiger partial charge in [-0.05, 0) is 53.6 Å². The summed E-state index contributed by atoms with van der Waals surface area (Å²) in [6.07, 6.45) is 1.39. The van der Waals surface area contributed by atoms with Crippen molar-refractivity contribution in [3.63, 3.8) is 0 Å². The Bertz CT molecular complexity index is 1410. The number of benzene rings is 4. The van der Waals surface area contributed by atoms with Gasteiger partial charge in [-0.15, -0.1) is 0 Å². The van der Waals surface area contributed by atoms with Crippen molar-refractivity contribution >= 4 is 34.5 Å². The first-order valence-electron chi connectivity index (χ1n) is 10.8. The molecular weight excluding hydrogens is 471 g/mol. The van der Waals surface area contributed by atoms with Crippen molar-refractivity contribution < 1.29 is 23.8 Å². The summed E-state index contributed by atoms with van der Waals surface area (Å²) in [6.45, 7) is 2.14. The maximum atomic E-state index is 13.9. The molecule has 1 amide bonds. The molecule has 0 radical (unpaired) electrons. The summed E-state index contributed by atoms with van der Waals surface area (Å²) in [4.78, 5) is 12.6. The molecular formula is C27H22ClFN2O4. The summed E-state index contributed by atoms with van der Waals surface area (Å²) < 4.78 is 25.3. The first-order chi connectivity index (χ1) is 17.0. The number of hydrogen-bond acceptors (Lipinski definition) is 5. The van der Waals surface area contributed by atoms with Gasteiger partial charge in [-0.3, -0.25) is 4.79 Å². The van der Waals surface area contributed by atoms with Crippen LogP contribution in [0.5, 0.6) is 17.2 Å². The van der Waals surface area contributed by atoms with E-state index in [4.69, 9.17) is 21.1 Å². The molecule has 0 bridgehead atoms. The van der Waals surface area contributed by atoms with Crippen LogP contribution in [0.1, 0.15) is 28.4 Å². The Balaban J connectivity index is 1.50. The molecule has 0 saturated carbocycles. The highest BCUT2D eigenvalue weighted by Gasteiger charge is 2.14. The molecule has 35 heavy (non-hydrogen) atoms. The number of hydrazone groups is 1. The standard InChI is InChI=1S/C27H22ClFN2O4/c1-2-34-25-12-17(11-22(28)26(25)35-16-20-9-5-6-10-23(20)29)15-30-31-27(33)21-13-18-7-3-4-8-19(18)14-24(21)32/h3-15,32H,2,16H2,1H3,(H,31,33). The van der Waals surface area contributed by atoms with Crippen molar-refractivity contribution in [3.05, 3.63) is 100 Å². The van der Waals surface area contributed by atoms with Gasteiger partial charge in [0.15, 0.2) is 11.5 Å². The van der Waals surface area contributed by atoms with E-state index in [1.807, 2.05) is 31.2 Å². The van der Waals surface area contributed by atoms with Gasteiger partial charge in [0.05, 0.1) is 23.4 Å². The molecule has 0 spiro atoms. The third-order valence-electron chi connectivity index (χ3n) is 5.15. The highest BCUT2D eigenvalue weighted by atomic mass is 35.5. The zero-order chi connectivity index (χ0) is 24.8. The van der Waals surface area contributed by atoms with Crippen molar-refractivity contribution in [1.29, 1.82) is 0 Å². The van der Waals surface area contributed by atoms with Crippen LogP contribution in [0, 0.1) is 5.82 Å². The molecule has 4 aromatic carbocycles. The fourth-order valence-electron chi connectivity index (χ4n) is 3.47. The number of phenols is 1. The van der Waals surface area contributed by atoms with Crippen molar-refractivity contribution in [3.8, 4) is 17.2 Å². The van der Waals surface area contributed by atoms with Crippen molar-refractivity contribution in [2.75, 3.05) is 6.61 Å². The van der Waals surface area contributed by atoms with E-state index in [1.54, 1.807) is 36.4 Å². The number of amides is 1. The second-order valence-electron chi connectivity index (χ2n) is 7.56. The molecule has 0 aliphatic rings. The number of nitrogens with one attached hydrogen (secondary N) is 1. The lowest BCUT2D eigenvalue weighted by molar-refractivity contribution is 0.0952. The van der Waals surface area contributed by atoms with Gasteiger partial charge in [0, 0.05) is 5.56 Å². The van der Waals surface area contributed by atoms with Crippen LogP contribution in [0.4, 0.5) is 4.39 Å². The van der Waals surface area contributed by atoms with Gasteiger partial charge >= 0.3 is 0 Å². The first-order valence-corrected chi connectivity index (χ1v) is 11.2. The number of carbonyl (C=O) groups excluding carboxylic acids is 1. The smallest absolute Gasteiger partial charge is 0.275 e. The molecule has 4 rings (SSSR count). The SMILES string of the molecule is CCOc1cc(C=NNC(=O)c2cc3ccccc3cc2O)cc(Cl)c1OCc1ccccc1F. The third kappa shape index (κ3) is 5.70. The van der Waals surface area contributed by atoms with Crippen LogP contribution < -0.4 is 14.9 Å². The van der Waals surface area contributed by atoms with E-state index >= 15 is 0 Å². The molecule has 178 valence electrons. The number of ether oxygens (including phenoxy) is 2. The maximum Gasteiger partial charge on any atom is 0.275 e. The minimum atomic E-state index is -0.564. The summed E-state index contributed by atoms with van der Waals surface area (Å²) in [5.74, 6) is -0.450. The van der Waals surface area contributed by atoms with Gasteiger partial charge in [-0.25, -0.2) is 9.82 Å². The minimum Gasteiger partial charge on any atom is -0.507 e. The van der Waals surface area contributed by atoms with Gasteiger partial charge in [0.25, 0.3) is 5.91 Å². The Kier molecular flexibility index (Phi) is 7.48. The fraction of sp³-hybridized carbons (Fsp3) is 0.111. The Morgan fingerprint density at radius 2 is 1.77 bits per heavy atom. The van der Waals surface area contributed by atoms with E-state index in [0.29, 0.717) is 23.5 Å². The predicted molar refractivity (Wildman–Crippen MR) is 134 cm³/mol. The predicted octanol–water partition coefficient (Wildman–Crippen LogP) is 6.08. The minimum absolute atomic E-state index is 0.0226. The highest BCUT2D eigenvalue weighted by Crippen LogP contribution is 2.37. The number of phenolic OH excluding ortho intramolecular Hbond substituents is 1. The Morgan fingerprint density at radius 3 is 2.51 bits per heavy atom. The Hall–Kier alpha value is -4.10. The number of fused-ring (bicyclic) bond motifs is 1. The van der Waals surface area contributed by atoms with Gasteiger partial charge in [0.1, 0.15) is 18.2 Å². The molecule has 4 aromatic rings. The topological polar surface area (TPSA) is 80.2 Å². The van der Waals surface area contributed by atoms with E-state index in [-0.39, 0.29) is 34.5 Å². The Morgan fingerprint density at radius 1 is 1.06 bits per heavy atom. The lowest BCUT2D eigenvalue weighted by Crippen LogP contribution is -2.17. The molecule has 6 nitrogen and oxygen atoms in total. The van der Waals surface area contributed by atoms with E-state index in [0.717, 1.165) is 10.8 Å². The van der Waals surface area contributed by atoms with Crippen molar-refractivity contribution in [1.82, 2.24) is 5.43 Å². The van der Waals surface area contributed by atoms with E-state index < -0.39 is 5.91 Å². The van der Waals surface area contributed by atoms with Crippen molar-refractivity contribution in [2.45, 2.75) is 13.5 Å². The van der Waals surface area contributed by atoms with E-state index in [1.165, 1.54) is 18.3 Å². The molecule has 8 heteroatoms. The number of carbonyl (C=O) groups is 1. The molecule has 0 aliphatic heterocycles. The number of rotatable bonds is 8. The maximum absolute atomic E-state index is 13.9. The zero-order valence-electron chi connectivity index (χ0n) is 18.8. The number of halogens is 2. The van der Waals surface area contributed by atoms with E-state index in [9.17, 15) is 14.3 Å². The quantitative estimate of drug-likeness (QED) is 0.231. The lowest BCUT2D eigenvalue weighted by atomic mass is 10.1. The average Bonchev–Trinajstić information content (AvgIpc) is 2.84. The summed E-state index contributed by atoms with van der Waals surface area (Å²) >= 11 is 6.41. The van der Waals surface area contributed by atoms with Crippen LogP contribution >= 0.6 is 11.6 Å². The van der Waals surface area contributed by atoms with Gasteiger partial charge in [0.2, 0.25) is 0 Å². The molecule has 0 saturated heterocycles. The number of hydrogen-bond donors (Lipinski definition) is 2. The normalized spacial score (nSPS) is 11.1. The number of aromatic hydroxyl groups is 1. The lowest BCUT2D eigenvalue weighted by Gasteiger charge is -2.14. The molecule has 0 heterocycles. The molecule has 0 unspecified atom stereocenters. The van der Waals surface area contributed by atoms with Crippen LogP contribution in [-0.2, 0) is 6.61 Å². The third-order valence-corrected chi connectivity index (χ3v) is 5.43. The molecule has 0 fully saturated rings. The van der Waals surface area contributed by atoms with E-state index in [2.05, 4.69) is 10.5 Å². The van der Waals surface area contributed by atoms with Gasteiger partial charge < -0.3 is 14.6 Å². The van der Waals surface area contributed by atoms with Crippen molar-refractivity contribution in [2.24, 2.45) is 5.10 Å². The molecule has 0 atom stereocenters.